The van der Waals surface area contributed by atoms with Crippen LogP contribution in [0.15, 0.2) is 55.1 Å². The van der Waals surface area contributed by atoms with Crippen LogP contribution in [0.25, 0.3) is 0 Å². The second-order valence-corrected chi connectivity index (χ2v) is 8.45. The van der Waals surface area contributed by atoms with Gasteiger partial charge in [-0.25, -0.2) is 9.69 Å². The van der Waals surface area contributed by atoms with Crippen molar-refractivity contribution in [3.63, 3.8) is 0 Å². The van der Waals surface area contributed by atoms with Crippen molar-refractivity contribution in [3.8, 4) is 0 Å². The second-order valence-electron chi connectivity index (χ2n) is 8.45. The Balaban J connectivity index is 2.05. The minimum Gasteiger partial charge on any atom is -0.441 e. The van der Waals surface area contributed by atoms with Gasteiger partial charge in [0.2, 0.25) is 0 Å². The molecule has 5 heteroatoms. The van der Waals surface area contributed by atoms with Gasteiger partial charge in [0.25, 0.3) is 5.91 Å². The summed E-state index contributed by atoms with van der Waals surface area (Å²) in [6.45, 7) is 13.9. The molecule has 1 fully saturated rings. The molecular formula is C24H33NO4. The second kappa shape index (κ2) is 9.88. The summed E-state index contributed by atoms with van der Waals surface area (Å²) in [5.74, 6) is -0.287. The van der Waals surface area contributed by atoms with Gasteiger partial charge in [0.15, 0.2) is 0 Å². The number of imide groups is 1. The minimum atomic E-state index is -0.704. The van der Waals surface area contributed by atoms with Gasteiger partial charge >= 0.3 is 6.09 Å². The summed E-state index contributed by atoms with van der Waals surface area (Å²) < 4.78 is 11.5. The van der Waals surface area contributed by atoms with Crippen molar-refractivity contribution in [2.24, 2.45) is 11.8 Å². The first kappa shape index (κ1) is 22.9. The predicted molar refractivity (Wildman–Crippen MR) is 114 cm³/mol. The van der Waals surface area contributed by atoms with Crippen molar-refractivity contribution in [1.29, 1.82) is 0 Å². The van der Waals surface area contributed by atoms with Crippen LogP contribution in [0.4, 0.5) is 4.79 Å². The van der Waals surface area contributed by atoms with Crippen molar-refractivity contribution in [3.05, 3.63) is 60.7 Å². The highest BCUT2D eigenvalue weighted by atomic mass is 16.6. The Hall–Kier alpha value is -2.40. The van der Waals surface area contributed by atoms with E-state index in [1.807, 2.05) is 71.0 Å². The van der Waals surface area contributed by atoms with E-state index in [9.17, 15) is 9.59 Å². The molecule has 0 aliphatic carbocycles. The Labute approximate surface area is 174 Å². The zero-order chi connectivity index (χ0) is 21.6. The summed E-state index contributed by atoms with van der Waals surface area (Å²) in [5.41, 5.74) is 0.389. The van der Waals surface area contributed by atoms with E-state index in [0.29, 0.717) is 13.0 Å². The number of nitrogens with zero attached hydrogens (tertiary/aromatic N) is 1. The predicted octanol–water partition coefficient (Wildman–Crippen LogP) is 5.12. The van der Waals surface area contributed by atoms with Gasteiger partial charge in [-0.1, -0.05) is 63.3 Å². The molecule has 0 bridgehead atoms. The molecule has 0 saturated carbocycles. The third-order valence-corrected chi connectivity index (χ3v) is 5.24. The smallest absolute Gasteiger partial charge is 0.417 e. The summed E-state index contributed by atoms with van der Waals surface area (Å²) >= 11 is 0. The third-order valence-electron chi connectivity index (χ3n) is 5.24. The van der Waals surface area contributed by atoms with Crippen LogP contribution in [0.3, 0.4) is 0 Å². The number of carbonyl (C=O) groups excluding carboxylic acids is 2. The molecule has 1 saturated heterocycles. The van der Waals surface area contributed by atoms with Gasteiger partial charge in [0.05, 0.1) is 18.8 Å². The summed E-state index contributed by atoms with van der Waals surface area (Å²) in [6.07, 6.45) is 5.05. The number of benzene rings is 1. The first-order valence-corrected chi connectivity index (χ1v) is 10.2. The maximum absolute atomic E-state index is 12.8. The lowest BCUT2D eigenvalue weighted by Gasteiger charge is -2.30. The van der Waals surface area contributed by atoms with Crippen LogP contribution < -0.4 is 0 Å². The van der Waals surface area contributed by atoms with Crippen molar-refractivity contribution in [1.82, 2.24) is 4.90 Å². The van der Waals surface area contributed by atoms with E-state index in [1.165, 1.54) is 11.0 Å². The molecule has 3 atom stereocenters. The first-order chi connectivity index (χ1) is 13.7. The van der Waals surface area contributed by atoms with Gasteiger partial charge in [-0.2, -0.15) is 0 Å². The van der Waals surface area contributed by atoms with E-state index < -0.39 is 11.7 Å². The van der Waals surface area contributed by atoms with Crippen molar-refractivity contribution in [2.75, 3.05) is 0 Å². The standard InChI is InChI=1S/C24H33NO4/c1-7-11-20(28-16-19-12-9-8-10-13-19)18(4)14-15-21(26)25-22(17(2)3)24(5,6)29-23(25)27/h7-10,12-15,17-18,20,22H,1,11,16H2,2-6H3/b15-14+/t18-,20-,22-/m1/s1. The van der Waals surface area contributed by atoms with Crippen LogP contribution in [0.2, 0.25) is 0 Å². The number of ether oxygens (including phenoxy) is 2. The molecule has 0 aromatic heterocycles. The van der Waals surface area contributed by atoms with E-state index in [-0.39, 0.29) is 29.9 Å². The number of cyclic esters (lactones) is 1. The van der Waals surface area contributed by atoms with Crippen LogP contribution in [-0.2, 0) is 20.9 Å². The van der Waals surface area contributed by atoms with Gasteiger partial charge in [0, 0.05) is 12.0 Å². The zero-order valence-electron chi connectivity index (χ0n) is 18.1. The van der Waals surface area contributed by atoms with Crippen LogP contribution >= 0.6 is 0 Å². The van der Waals surface area contributed by atoms with Gasteiger partial charge in [-0.3, -0.25) is 4.79 Å². The van der Waals surface area contributed by atoms with Gasteiger partial charge in [-0.05, 0) is 31.7 Å². The van der Waals surface area contributed by atoms with Crippen LogP contribution in [-0.4, -0.2) is 34.6 Å². The lowest BCUT2D eigenvalue weighted by atomic mass is 9.89. The molecule has 1 aromatic carbocycles. The SMILES string of the molecule is C=CC[C@@H](OCc1ccccc1)[C@H](C)/C=C/C(=O)N1C(=O)OC(C)(C)[C@H]1C(C)C. The molecule has 1 aromatic rings. The number of hydrogen-bond donors (Lipinski definition) is 0. The van der Waals surface area contributed by atoms with Gasteiger partial charge in [-0.15, -0.1) is 6.58 Å². The molecule has 0 N–H and O–H groups in total. The van der Waals surface area contributed by atoms with Crippen molar-refractivity contribution in [2.45, 2.75) is 65.4 Å². The van der Waals surface area contributed by atoms with Crippen molar-refractivity contribution >= 4 is 12.0 Å². The zero-order valence-corrected chi connectivity index (χ0v) is 18.1. The lowest BCUT2D eigenvalue weighted by molar-refractivity contribution is -0.125. The largest absolute Gasteiger partial charge is 0.441 e. The summed E-state index contributed by atoms with van der Waals surface area (Å²) in [6, 6.07) is 9.65. The van der Waals surface area contributed by atoms with Gasteiger partial charge in [0.1, 0.15) is 5.60 Å². The Morgan fingerprint density at radius 1 is 1.28 bits per heavy atom. The maximum atomic E-state index is 12.8. The first-order valence-electron chi connectivity index (χ1n) is 10.2. The van der Waals surface area contributed by atoms with Crippen LogP contribution in [0.5, 0.6) is 0 Å². The molecule has 2 rings (SSSR count). The molecule has 0 unspecified atom stereocenters. The number of amides is 2. The van der Waals surface area contributed by atoms with Crippen LogP contribution in [0, 0.1) is 11.8 Å². The molecule has 0 spiro atoms. The minimum absolute atomic E-state index is 0.0233. The Bertz CT molecular complexity index is 739. The van der Waals surface area contributed by atoms with E-state index in [0.717, 1.165) is 5.56 Å². The molecule has 5 nitrogen and oxygen atoms in total. The average molecular weight is 400 g/mol. The van der Waals surface area contributed by atoms with Crippen molar-refractivity contribution < 1.29 is 19.1 Å². The quantitative estimate of drug-likeness (QED) is 0.427. The fourth-order valence-electron chi connectivity index (χ4n) is 3.90. The normalized spacial score (nSPS) is 20.7. The molecule has 2 amide bonds. The van der Waals surface area contributed by atoms with E-state index >= 15 is 0 Å². The summed E-state index contributed by atoms with van der Waals surface area (Å²) in [5, 5.41) is 0. The number of carbonyl (C=O) groups is 2. The Kier molecular flexibility index (Phi) is 7.80. The molecule has 29 heavy (non-hydrogen) atoms. The van der Waals surface area contributed by atoms with E-state index in [1.54, 1.807) is 6.08 Å². The fourth-order valence-corrected chi connectivity index (χ4v) is 3.90. The Morgan fingerprint density at radius 2 is 1.93 bits per heavy atom. The molecule has 1 aliphatic rings. The van der Waals surface area contributed by atoms with Gasteiger partial charge < -0.3 is 9.47 Å². The summed E-state index contributed by atoms with van der Waals surface area (Å²) in [4.78, 5) is 26.3. The maximum Gasteiger partial charge on any atom is 0.417 e. The topological polar surface area (TPSA) is 55.8 Å². The number of hydrogen-bond acceptors (Lipinski definition) is 4. The molecule has 158 valence electrons. The molecular weight excluding hydrogens is 366 g/mol. The highest BCUT2D eigenvalue weighted by Crippen LogP contribution is 2.34. The fraction of sp³-hybridized carbons (Fsp3) is 0.500. The average Bonchev–Trinajstić information content (AvgIpc) is 2.92. The summed E-state index contributed by atoms with van der Waals surface area (Å²) in [7, 11) is 0. The monoisotopic (exact) mass is 399 g/mol. The lowest BCUT2D eigenvalue weighted by Crippen LogP contribution is -2.47. The van der Waals surface area contributed by atoms with E-state index in [2.05, 4.69) is 6.58 Å². The van der Waals surface area contributed by atoms with Crippen LogP contribution in [0.1, 0.15) is 46.6 Å². The Morgan fingerprint density at radius 3 is 2.52 bits per heavy atom. The molecule has 1 aliphatic heterocycles. The third kappa shape index (κ3) is 5.80. The van der Waals surface area contributed by atoms with E-state index in [4.69, 9.17) is 9.47 Å². The highest BCUT2D eigenvalue weighted by Gasteiger charge is 2.51. The molecule has 1 heterocycles. The molecule has 0 radical (unpaired) electrons. The highest BCUT2D eigenvalue weighted by molar-refractivity contribution is 6.00. The number of rotatable bonds is 9.